The second-order valence-electron chi connectivity index (χ2n) is 1.47. The third-order valence-corrected chi connectivity index (χ3v) is 0.750. The maximum atomic E-state index is 9.37. The Balaban J connectivity index is -0.000000105. The first-order chi connectivity index (χ1) is 5.94. The van der Waals surface area contributed by atoms with Crippen LogP contribution in [-0.4, -0.2) is 37.0 Å². The van der Waals surface area contributed by atoms with Gasteiger partial charge in [0, 0.05) is 6.92 Å². The molecular formula is C2H4Na2O10S2. The fourth-order valence-corrected chi connectivity index (χ4v) is 0.612. The predicted octanol–water partition coefficient (Wildman–Crippen LogP) is -8.05. The fraction of sp³-hybridized carbons (Fsp3) is 0.500. The normalized spacial score (nSPS) is 9.94. The van der Waals surface area contributed by atoms with E-state index in [1.54, 1.807) is 0 Å². The minimum atomic E-state index is -5.31. The zero-order valence-corrected chi connectivity index (χ0v) is 14.1. The Morgan fingerprint density at radius 3 is 1.19 bits per heavy atom. The molecule has 86 valence electrons. The van der Waals surface area contributed by atoms with Crippen molar-refractivity contribution in [2.45, 2.75) is 6.92 Å². The molecule has 0 fully saturated rings. The van der Waals surface area contributed by atoms with Crippen molar-refractivity contribution in [3.8, 4) is 0 Å². The van der Waals surface area contributed by atoms with Gasteiger partial charge >= 0.3 is 59.1 Å². The Morgan fingerprint density at radius 1 is 1.00 bits per heavy atom. The van der Waals surface area contributed by atoms with E-state index in [-0.39, 0.29) is 59.1 Å². The van der Waals surface area contributed by atoms with E-state index in [2.05, 4.69) is 8.67 Å². The molecule has 16 heavy (non-hydrogen) atoms. The second-order valence-corrected chi connectivity index (χ2v) is 3.38. The number of hydrogen-bond acceptors (Lipinski definition) is 9. The summed E-state index contributed by atoms with van der Waals surface area (Å²) >= 11 is 0. The van der Waals surface area contributed by atoms with Gasteiger partial charge in [-0.2, -0.15) is 0 Å². The van der Waals surface area contributed by atoms with Crippen LogP contribution in [0, 0.1) is 0 Å². The predicted molar refractivity (Wildman–Crippen MR) is 34.9 cm³/mol. The molecule has 0 unspecified atom stereocenters. The largest absolute Gasteiger partial charge is 1.00 e. The Labute approximate surface area is 136 Å². The summed E-state index contributed by atoms with van der Waals surface area (Å²) < 4.78 is 61.5. The quantitative estimate of drug-likeness (QED) is 0.173. The molecule has 0 aromatic heterocycles. The molecule has 0 amide bonds. The van der Waals surface area contributed by atoms with E-state index >= 15 is 0 Å². The third kappa shape index (κ3) is 45.6. The summed E-state index contributed by atoms with van der Waals surface area (Å²) in [5.74, 6) is -0.833. The Hall–Kier alpha value is 1.21. The molecule has 0 rings (SSSR count). The first-order valence-corrected chi connectivity index (χ1v) is 5.09. The van der Waals surface area contributed by atoms with Gasteiger partial charge in [-0.25, -0.2) is 16.8 Å². The number of carbonyl (C=O) groups is 1. The van der Waals surface area contributed by atoms with E-state index in [4.69, 9.17) is 9.90 Å². The zero-order chi connectivity index (χ0) is 12.0. The van der Waals surface area contributed by atoms with Crippen LogP contribution in [-0.2, 0) is 34.3 Å². The van der Waals surface area contributed by atoms with Gasteiger partial charge in [0.25, 0.3) is 5.97 Å². The van der Waals surface area contributed by atoms with E-state index in [0.29, 0.717) is 0 Å². The number of aliphatic carboxylic acids is 1. The van der Waals surface area contributed by atoms with Crippen LogP contribution in [0.5, 0.6) is 0 Å². The van der Waals surface area contributed by atoms with Crippen LogP contribution in [0.1, 0.15) is 6.92 Å². The molecule has 0 aliphatic carbocycles. The van der Waals surface area contributed by atoms with Crippen molar-refractivity contribution >= 4 is 26.8 Å². The van der Waals surface area contributed by atoms with Crippen molar-refractivity contribution in [3.05, 3.63) is 0 Å². The van der Waals surface area contributed by atoms with Crippen molar-refractivity contribution in [1.29, 1.82) is 0 Å². The van der Waals surface area contributed by atoms with E-state index < -0.39 is 26.8 Å². The van der Waals surface area contributed by atoms with Crippen LogP contribution in [0.3, 0.4) is 0 Å². The molecule has 0 saturated carbocycles. The molecule has 0 aromatic rings. The van der Waals surface area contributed by atoms with Crippen molar-refractivity contribution in [2.24, 2.45) is 0 Å². The molecule has 0 aliphatic heterocycles. The molecule has 10 nitrogen and oxygen atoms in total. The Bertz CT molecular complexity index is 332. The minimum Gasteiger partial charge on any atom is -0.724 e. The van der Waals surface area contributed by atoms with Gasteiger partial charge in [0.1, 0.15) is 0 Å². The summed E-state index contributed by atoms with van der Waals surface area (Å²) in [4.78, 5) is 9.00. The Morgan fingerprint density at radius 2 is 1.12 bits per heavy atom. The summed E-state index contributed by atoms with van der Waals surface area (Å²) in [7, 11) is -10.6. The average molecular weight is 298 g/mol. The van der Waals surface area contributed by atoms with E-state index in [1.165, 1.54) is 0 Å². The average Bonchev–Trinajstić information content (AvgIpc) is 1.79. The molecule has 0 saturated heterocycles. The third-order valence-electron chi connectivity index (χ3n) is 0.194. The first-order valence-electron chi connectivity index (χ1n) is 2.43. The molecule has 1 N–H and O–H groups in total. The second kappa shape index (κ2) is 11.3. The van der Waals surface area contributed by atoms with Gasteiger partial charge < -0.3 is 14.2 Å². The molecule has 0 atom stereocenters. The van der Waals surface area contributed by atoms with Gasteiger partial charge in [0.2, 0.25) is 20.8 Å². The van der Waals surface area contributed by atoms with Crippen molar-refractivity contribution < 1.29 is 104 Å². The first kappa shape index (κ1) is 25.9. The van der Waals surface area contributed by atoms with Gasteiger partial charge in [0.15, 0.2) is 0 Å². The van der Waals surface area contributed by atoms with Crippen LogP contribution in [0.2, 0.25) is 0 Å². The topological polar surface area (TPSA) is 170 Å². The molecule has 0 heterocycles. The molecule has 0 spiro atoms. The zero-order valence-electron chi connectivity index (χ0n) is 8.44. The van der Waals surface area contributed by atoms with Gasteiger partial charge in [-0.1, -0.05) is 0 Å². The van der Waals surface area contributed by atoms with Gasteiger partial charge in [-0.3, -0.25) is 4.79 Å². The molecule has 0 radical (unpaired) electrons. The fourth-order valence-electron chi connectivity index (χ4n) is 0.0680. The molecule has 14 heteroatoms. The SMILES string of the molecule is CC(=O)O.O=S(=O)([O-])OOS(=O)(=O)[O-].[Na+].[Na+]. The number of carboxylic acids is 1. The molecular weight excluding hydrogens is 294 g/mol. The van der Waals surface area contributed by atoms with Gasteiger partial charge in [-0.15, -0.1) is 8.67 Å². The van der Waals surface area contributed by atoms with Gasteiger partial charge in [-0.05, 0) is 0 Å². The Kier molecular flexibility index (Phi) is 18.3. The standard InChI is InChI=1S/C2H4O2.2Na.H2O8S2/c1-2(3)4;;;1-9(2,3)7-8-10(4,5)6/h1H3,(H,3,4);;;(H,1,2,3)(H,4,5,6)/q;2*+1;/p-2. The van der Waals surface area contributed by atoms with E-state index in [0.717, 1.165) is 6.92 Å². The summed E-state index contributed by atoms with van der Waals surface area (Å²) in [6.45, 7) is 1.08. The van der Waals surface area contributed by atoms with Crippen LogP contribution < -0.4 is 59.1 Å². The summed E-state index contributed by atoms with van der Waals surface area (Å²) in [6, 6.07) is 0. The maximum Gasteiger partial charge on any atom is 1.00 e. The summed E-state index contributed by atoms with van der Waals surface area (Å²) in [5.41, 5.74) is 0. The monoisotopic (exact) mass is 298 g/mol. The van der Waals surface area contributed by atoms with Crippen LogP contribution in [0.4, 0.5) is 0 Å². The van der Waals surface area contributed by atoms with Crippen molar-refractivity contribution in [2.75, 3.05) is 0 Å². The summed E-state index contributed by atoms with van der Waals surface area (Å²) in [5, 5.41) is 7.42. The minimum absolute atomic E-state index is 0. The maximum absolute atomic E-state index is 9.37. The van der Waals surface area contributed by atoms with E-state index in [9.17, 15) is 25.9 Å². The van der Waals surface area contributed by atoms with Crippen molar-refractivity contribution in [1.82, 2.24) is 0 Å². The van der Waals surface area contributed by atoms with Crippen LogP contribution in [0.15, 0.2) is 0 Å². The van der Waals surface area contributed by atoms with Crippen molar-refractivity contribution in [3.63, 3.8) is 0 Å². The molecule has 0 aromatic carbocycles. The van der Waals surface area contributed by atoms with Crippen LogP contribution >= 0.6 is 0 Å². The molecule has 0 aliphatic rings. The molecule has 0 bridgehead atoms. The number of rotatable bonds is 3. The number of carboxylic acid groups (broad SMARTS) is 1. The van der Waals surface area contributed by atoms with Crippen LogP contribution in [0.25, 0.3) is 0 Å². The smallest absolute Gasteiger partial charge is 0.724 e. The number of hydrogen-bond donors (Lipinski definition) is 1. The summed E-state index contributed by atoms with van der Waals surface area (Å²) in [6.07, 6.45) is 0. The van der Waals surface area contributed by atoms with Gasteiger partial charge in [0.05, 0.1) is 0 Å². The van der Waals surface area contributed by atoms with E-state index in [1.807, 2.05) is 0 Å².